The third kappa shape index (κ3) is 4.76. The van der Waals surface area contributed by atoms with Gasteiger partial charge in [0.25, 0.3) is 0 Å². The zero-order valence-electron chi connectivity index (χ0n) is 20.7. The Hall–Kier alpha value is -3.81. The predicted molar refractivity (Wildman–Crippen MR) is 137 cm³/mol. The Kier molecular flexibility index (Phi) is 6.86. The summed E-state index contributed by atoms with van der Waals surface area (Å²) < 4.78 is 12.9. The van der Waals surface area contributed by atoms with E-state index >= 15 is 0 Å². The van der Waals surface area contributed by atoms with Crippen molar-refractivity contribution >= 4 is 22.5 Å². The number of pyridine rings is 1. The molecule has 34 heavy (non-hydrogen) atoms. The number of anilines is 2. The van der Waals surface area contributed by atoms with Gasteiger partial charge in [0.1, 0.15) is 0 Å². The number of fused-ring (bicyclic) bond motifs is 1. The van der Waals surface area contributed by atoms with Crippen molar-refractivity contribution in [3.8, 4) is 17.2 Å². The fraction of sp³-hybridized carbons (Fsp3) is 0.346. The highest BCUT2D eigenvalue weighted by molar-refractivity contribution is 5.86. The summed E-state index contributed by atoms with van der Waals surface area (Å²) in [7, 11) is 1.65. The van der Waals surface area contributed by atoms with Crippen molar-refractivity contribution in [2.24, 2.45) is 0 Å². The maximum absolute atomic E-state index is 5.59. The smallest absolute Gasteiger partial charge is 0.186 e. The van der Waals surface area contributed by atoms with Crippen molar-refractivity contribution in [1.82, 2.24) is 20.0 Å². The number of nitrogens with zero attached hydrogens (tertiary/aromatic N) is 4. The van der Waals surface area contributed by atoms with Crippen molar-refractivity contribution in [2.45, 2.75) is 34.6 Å². The van der Waals surface area contributed by atoms with Crippen LogP contribution in [0.4, 0.5) is 11.4 Å². The van der Waals surface area contributed by atoms with Crippen LogP contribution in [0.15, 0.2) is 36.4 Å². The van der Waals surface area contributed by atoms with Gasteiger partial charge in [0, 0.05) is 30.5 Å². The largest absolute Gasteiger partial charge is 0.493 e. The summed E-state index contributed by atoms with van der Waals surface area (Å²) >= 11 is 0. The van der Waals surface area contributed by atoms with Gasteiger partial charge in [0.2, 0.25) is 0 Å². The third-order valence-corrected chi connectivity index (χ3v) is 5.62. The Morgan fingerprint density at radius 3 is 2.35 bits per heavy atom. The Morgan fingerprint density at radius 2 is 1.65 bits per heavy atom. The summed E-state index contributed by atoms with van der Waals surface area (Å²) in [5.41, 5.74) is 8.86. The normalized spacial score (nSPS) is 11.0. The quantitative estimate of drug-likeness (QED) is 0.341. The van der Waals surface area contributed by atoms with Crippen molar-refractivity contribution in [3.63, 3.8) is 0 Å². The Balaban J connectivity index is 1.51. The summed E-state index contributed by atoms with van der Waals surface area (Å²) in [6.07, 6.45) is 0. The lowest BCUT2D eigenvalue weighted by Gasteiger charge is -2.13. The molecule has 0 spiro atoms. The van der Waals surface area contributed by atoms with Gasteiger partial charge in [-0.3, -0.25) is 0 Å². The van der Waals surface area contributed by atoms with E-state index in [1.807, 2.05) is 42.8 Å². The molecule has 0 saturated carbocycles. The number of aryl methyl sites for hydroxylation is 4. The molecule has 0 amide bonds. The second kappa shape index (κ2) is 9.99. The van der Waals surface area contributed by atoms with Crippen LogP contribution in [0.25, 0.3) is 16.9 Å². The average Bonchev–Trinajstić information content (AvgIpc) is 3.20. The van der Waals surface area contributed by atoms with E-state index in [-0.39, 0.29) is 0 Å². The topological polar surface area (TPSA) is 86.1 Å². The first kappa shape index (κ1) is 23.4. The molecule has 0 aliphatic heterocycles. The minimum absolute atomic E-state index is 0.598. The van der Waals surface area contributed by atoms with E-state index in [2.05, 4.69) is 53.8 Å². The first-order valence-electron chi connectivity index (χ1n) is 11.5. The van der Waals surface area contributed by atoms with Crippen molar-refractivity contribution in [3.05, 3.63) is 58.8 Å². The summed E-state index contributed by atoms with van der Waals surface area (Å²) in [5, 5.41) is 15.8. The lowest BCUT2D eigenvalue weighted by molar-refractivity contribution is 0.311. The number of rotatable bonds is 9. The molecule has 0 aliphatic carbocycles. The van der Waals surface area contributed by atoms with Gasteiger partial charge >= 0.3 is 0 Å². The zero-order valence-corrected chi connectivity index (χ0v) is 20.7. The van der Waals surface area contributed by atoms with E-state index in [9.17, 15) is 0 Å². The van der Waals surface area contributed by atoms with Crippen LogP contribution >= 0.6 is 0 Å². The van der Waals surface area contributed by atoms with Crippen LogP contribution in [0.1, 0.15) is 29.3 Å². The van der Waals surface area contributed by atoms with Gasteiger partial charge < -0.3 is 20.1 Å². The zero-order chi connectivity index (χ0) is 24.2. The second-order valence-corrected chi connectivity index (χ2v) is 8.38. The van der Waals surface area contributed by atoms with E-state index in [0.29, 0.717) is 25.4 Å². The van der Waals surface area contributed by atoms with Gasteiger partial charge in [-0.05, 0) is 63.9 Å². The fourth-order valence-electron chi connectivity index (χ4n) is 4.28. The standard InChI is InChI=1S/C26H32N6O2/c1-7-34-22-9-8-20(15-23(22)33-6)27-10-11-28-21-14-19(5)29-26-24(21)30-31-32(26)25-17(3)12-16(2)13-18(25)4/h8-9,12-15,27H,7,10-11H2,1-6H3,(H,28,29). The van der Waals surface area contributed by atoms with Crippen molar-refractivity contribution in [2.75, 3.05) is 37.4 Å². The molecule has 4 aromatic rings. The Morgan fingerprint density at radius 1 is 0.912 bits per heavy atom. The molecule has 0 radical (unpaired) electrons. The number of nitrogens with one attached hydrogen (secondary N) is 2. The summed E-state index contributed by atoms with van der Waals surface area (Å²) in [5.74, 6) is 1.45. The monoisotopic (exact) mass is 460 g/mol. The summed E-state index contributed by atoms with van der Waals surface area (Å²) in [6.45, 7) is 12.2. The molecule has 0 saturated heterocycles. The van der Waals surface area contributed by atoms with Gasteiger partial charge in [-0.2, -0.15) is 4.68 Å². The van der Waals surface area contributed by atoms with Crippen LogP contribution in [0, 0.1) is 27.7 Å². The first-order chi connectivity index (χ1) is 16.4. The van der Waals surface area contributed by atoms with Gasteiger partial charge in [-0.25, -0.2) is 4.98 Å². The second-order valence-electron chi connectivity index (χ2n) is 8.38. The molecule has 0 bridgehead atoms. The lowest BCUT2D eigenvalue weighted by atomic mass is 10.1. The molecule has 2 N–H and O–H groups in total. The third-order valence-electron chi connectivity index (χ3n) is 5.62. The van der Waals surface area contributed by atoms with Gasteiger partial charge in [-0.1, -0.05) is 22.9 Å². The van der Waals surface area contributed by atoms with Gasteiger partial charge in [0.15, 0.2) is 22.7 Å². The maximum Gasteiger partial charge on any atom is 0.186 e. The number of methoxy groups -OCH3 is 1. The number of hydrogen-bond acceptors (Lipinski definition) is 7. The molecular weight excluding hydrogens is 428 g/mol. The van der Waals surface area contributed by atoms with Gasteiger partial charge in [-0.15, -0.1) is 5.10 Å². The fourth-order valence-corrected chi connectivity index (χ4v) is 4.28. The van der Waals surface area contributed by atoms with Crippen LogP contribution in [0.2, 0.25) is 0 Å². The Bertz CT molecular complexity index is 1290. The molecule has 178 valence electrons. The SMILES string of the molecule is CCOc1ccc(NCCNc2cc(C)nc3c2nnn3-c2c(C)cc(C)cc2C)cc1OC. The molecule has 0 unspecified atom stereocenters. The molecular formula is C26H32N6O2. The minimum atomic E-state index is 0.598. The van der Waals surface area contributed by atoms with Crippen LogP contribution in [-0.2, 0) is 0 Å². The first-order valence-corrected chi connectivity index (χ1v) is 11.5. The van der Waals surface area contributed by atoms with Crippen LogP contribution in [-0.4, -0.2) is 46.8 Å². The van der Waals surface area contributed by atoms with Crippen LogP contribution in [0.5, 0.6) is 11.5 Å². The molecule has 8 nitrogen and oxygen atoms in total. The van der Waals surface area contributed by atoms with E-state index in [0.717, 1.165) is 50.8 Å². The van der Waals surface area contributed by atoms with Crippen LogP contribution in [0.3, 0.4) is 0 Å². The molecule has 8 heteroatoms. The molecule has 4 rings (SSSR count). The van der Waals surface area contributed by atoms with E-state index in [1.54, 1.807) is 7.11 Å². The van der Waals surface area contributed by atoms with E-state index in [4.69, 9.17) is 14.5 Å². The minimum Gasteiger partial charge on any atom is -0.493 e. The number of benzene rings is 2. The molecule has 2 heterocycles. The van der Waals surface area contributed by atoms with Crippen LogP contribution < -0.4 is 20.1 Å². The predicted octanol–water partition coefficient (Wildman–Crippen LogP) is 4.98. The summed E-state index contributed by atoms with van der Waals surface area (Å²) in [4.78, 5) is 4.75. The Labute approximate surface area is 200 Å². The summed E-state index contributed by atoms with van der Waals surface area (Å²) in [6, 6.07) is 12.2. The molecule has 2 aromatic heterocycles. The highest BCUT2D eigenvalue weighted by Gasteiger charge is 2.16. The van der Waals surface area contributed by atoms with Crippen molar-refractivity contribution < 1.29 is 9.47 Å². The maximum atomic E-state index is 5.59. The van der Waals surface area contributed by atoms with E-state index in [1.165, 1.54) is 5.56 Å². The lowest BCUT2D eigenvalue weighted by Crippen LogP contribution is -2.14. The van der Waals surface area contributed by atoms with E-state index < -0.39 is 0 Å². The number of ether oxygens (including phenoxy) is 2. The van der Waals surface area contributed by atoms with Crippen molar-refractivity contribution in [1.29, 1.82) is 0 Å². The average molecular weight is 461 g/mol. The van der Waals surface area contributed by atoms with Gasteiger partial charge in [0.05, 0.1) is 25.1 Å². The molecule has 0 aliphatic rings. The molecule has 0 fully saturated rings. The number of hydrogen-bond donors (Lipinski definition) is 2. The highest BCUT2D eigenvalue weighted by Crippen LogP contribution is 2.30. The molecule has 0 atom stereocenters. The highest BCUT2D eigenvalue weighted by atomic mass is 16.5. The number of aromatic nitrogens is 4. The molecule has 2 aromatic carbocycles.